The number of aromatic nitrogens is 3. The molecular weight excluding hydrogens is 578 g/mol. The van der Waals surface area contributed by atoms with Gasteiger partial charge in [-0.05, 0) is 67.6 Å². The van der Waals surface area contributed by atoms with Crippen LogP contribution in [0.25, 0.3) is 11.0 Å². The van der Waals surface area contributed by atoms with Gasteiger partial charge in [0.15, 0.2) is 5.65 Å². The molecule has 0 atom stereocenters. The zero-order chi connectivity index (χ0) is 30.2. The van der Waals surface area contributed by atoms with Crippen LogP contribution in [0.15, 0.2) is 94.9 Å². The van der Waals surface area contributed by atoms with E-state index in [4.69, 9.17) is 5.14 Å². The number of fused-ring (bicyclic) bond motifs is 1. The summed E-state index contributed by atoms with van der Waals surface area (Å²) < 4.78 is 52.1. The molecule has 12 nitrogen and oxygen atoms in total. The molecule has 1 amide bonds. The maximum absolute atomic E-state index is 13.6. The fourth-order valence-corrected chi connectivity index (χ4v) is 5.98. The molecule has 0 aliphatic heterocycles. The van der Waals surface area contributed by atoms with Crippen LogP contribution in [0.5, 0.6) is 0 Å². The number of nitrogens with two attached hydrogens (primary N) is 1. The number of rotatable bonds is 8. The molecule has 0 bridgehead atoms. The predicted molar refractivity (Wildman–Crippen MR) is 161 cm³/mol. The smallest absolute Gasteiger partial charge is 0.269 e. The molecule has 0 saturated carbocycles. The Hall–Kier alpha value is -4.79. The number of hydrogen-bond acceptors (Lipinski definition) is 9. The van der Waals surface area contributed by atoms with Crippen molar-refractivity contribution in [3.05, 3.63) is 90.6 Å². The summed E-state index contributed by atoms with van der Waals surface area (Å²) in [4.78, 5) is 22.3. The highest BCUT2D eigenvalue weighted by atomic mass is 32.2. The van der Waals surface area contributed by atoms with E-state index >= 15 is 0 Å². The molecule has 5 aromatic rings. The van der Waals surface area contributed by atoms with Gasteiger partial charge in [-0.3, -0.25) is 4.79 Å². The molecule has 2 aromatic heterocycles. The van der Waals surface area contributed by atoms with E-state index in [2.05, 4.69) is 20.6 Å². The van der Waals surface area contributed by atoms with Gasteiger partial charge in [0.2, 0.25) is 21.9 Å². The minimum atomic E-state index is -4.03. The summed E-state index contributed by atoms with van der Waals surface area (Å²) in [5.74, 6) is 0.168. The second-order valence-corrected chi connectivity index (χ2v) is 12.9. The van der Waals surface area contributed by atoms with E-state index in [1.165, 1.54) is 48.4 Å². The second kappa shape index (κ2) is 10.9. The van der Waals surface area contributed by atoms with Crippen molar-refractivity contribution >= 4 is 65.8 Å². The van der Waals surface area contributed by atoms with Crippen LogP contribution in [0, 0.1) is 6.92 Å². The van der Waals surface area contributed by atoms with Gasteiger partial charge in [0.05, 0.1) is 15.2 Å². The summed E-state index contributed by atoms with van der Waals surface area (Å²) in [5, 5.41) is 11.8. The Bertz CT molecular complexity index is 2020. The molecule has 5 rings (SSSR count). The fourth-order valence-electron chi connectivity index (χ4n) is 4.13. The van der Waals surface area contributed by atoms with Crippen molar-refractivity contribution in [1.29, 1.82) is 0 Å². The molecule has 4 N–H and O–H groups in total. The van der Waals surface area contributed by atoms with Crippen LogP contribution >= 0.6 is 0 Å². The third kappa shape index (κ3) is 5.81. The number of nitrogens with one attached hydrogen (secondary N) is 2. The third-order valence-corrected chi connectivity index (χ3v) is 9.09. The van der Waals surface area contributed by atoms with E-state index in [-0.39, 0.29) is 33.1 Å². The van der Waals surface area contributed by atoms with Gasteiger partial charge in [-0.1, -0.05) is 23.8 Å². The largest absolute Gasteiger partial charge is 0.339 e. The number of benzene rings is 3. The van der Waals surface area contributed by atoms with Gasteiger partial charge in [-0.2, -0.15) is 9.97 Å². The number of primary sulfonamides is 1. The van der Waals surface area contributed by atoms with E-state index < -0.39 is 20.0 Å². The summed E-state index contributed by atoms with van der Waals surface area (Å²) in [5.41, 5.74) is 2.62. The van der Waals surface area contributed by atoms with Gasteiger partial charge in [0.1, 0.15) is 5.82 Å². The average Bonchev–Trinajstić information content (AvgIpc) is 3.38. The Morgan fingerprint density at radius 1 is 0.857 bits per heavy atom. The molecule has 42 heavy (non-hydrogen) atoms. The molecule has 14 heteroatoms. The Morgan fingerprint density at radius 2 is 1.55 bits per heavy atom. The lowest BCUT2D eigenvalue weighted by molar-refractivity contribution is -0.116. The van der Waals surface area contributed by atoms with Gasteiger partial charge >= 0.3 is 0 Å². The third-order valence-electron chi connectivity index (χ3n) is 6.50. The summed E-state index contributed by atoms with van der Waals surface area (Å²) in [7, 11) is -6.34. The zero-order valence-corrected chi connectivity index (χ0v) is 24.4. The van der Waals surface area contributed by atoms with Crippen LogP contribution in [0.3, 0.4) is 0 Å². The van der Waals surface area contributed by atoms with Gasteiger partial charge in [0, 0.05) is 37.2 Å². The van der Waals surface area contributed by atoms with E-state index in [0.717, 1.165) is 9.54 Å². The maximum atomic E-state index is 13.6. The number of aryl methyl sites for hydroxylation is 1. The standard InChI is InChI=1S/C28H27N7O5S2/c1-18-7-13-23(14-8-18)42(39,40)35-16-15-25-26(30-21-5-4-6-24(17-21)41(29,37)38)32-28(33-27(25)35)31-20-9-11-22(12-10-20)34(3)19(2)36/h4-17H,1-3H3,(H2,29,37,38)(H2,30,31,32,33). The molecule has 0 aliphatic carbocycles. The maximum Gasteiger partial charge on any atom is 0.269 e. The van der Waals surface area contributed by atoms with E-state index in [9.17, 15) is 21.6 Å². The van der Waals surface area contributed by atoms with Crippen molar-refractivity contribution in [3.8, 4) is 0 Å². The first-order chi connectivity index (χ1) is 19.8. The Morgan fingerprint density at radius 3 is 2.19 bits per heavy atom. The van der Waals surface area contributed by atoms with E-state index in [1.807, 2.05) is 6.92 Å². The molecule has 3 aromatic carbocycles. The summed E-state index contributed by atoms with van der Waals surface area (Å²) in [6.07, 6.45) is 1.39. The fraction of sp³-hybridized carbons (Fsp3) is 0.107. The minimum Gasteiger partial charge on any atom is -0.339 e. The molecule has 0 fully saturated rings. The van der Waals surface area contributed by atoms with Crippen LogP contribution in [-0.2, 0) is 24.8 Å². The van der Waals surface area contributed by atoms with Crippen molar-refractivity contribution in [2.45, 2.75) is 23.6 Å². The van der Waals surface area contributed by atoms with Crippen molar-refractivity contribution in [2.24, 2.45) is 5.14 Å². The number of nitrogens with zero attached hydrogens (tertiary/aromatic N) is 4. The van der Waals surface area contributed by atoms with Crippen LogP contribution in [-0.4, -0.2) is 43.7 Å². The molecular formula is C28H27N7O5S2. The first-order valence-corrected chi connectivity index (χ1v) is 15.5. The van der Waals surface area contributed by atoms with Crippen molar-refractivity contribution in [3.63, 3.8) is 0 Å². The molecule has 0 unspecified atom stereocenters. The predicted octanol–water partition coefficient (Wildman–Crippen LogP) is 4.09. The van der Waals surface area contributed by atoms with Crippen molar-refractivity contribution < 1.29 is 21.6 Å². The van der Waals surface area contributed by atoms with Gasteiger partial charge < -0.3 is 15.5 Å². The highest BCUT2D eigenvalue weighted by molar-refractivity contribution is 7.90. The number of carbonyl (C=O) groups excluding carboxylic acids is 1. The van der Waals surface area contributed by atoms with E-state index in [0.29, 0.717) is 22.4 Å². The molecule has 2 heterocycles. The monoisotopic (exact) mass is 605 g/mol. The minimum absolute atomic E-state index is 0.0688. The topological polar surface area (TPSA) is 169 Å². The number of hydrogen-bond donors (Lipinski definition) is 3. The molecule has 0 aliphatic rings. The zero-order valence-electron chi connectivity index (χ0n) is 22.8. The van der Waals surface area contributed by atoms with Crippen LogP contribution < -0.4 is 20.7 Å². The molecule has 0 radical (unpaired) electrons. The highest BCUT2D eigenvalue weighted by Crippen LogP contribution is 2.30. The van der Waals surface area contributed by atoms with Gasteiger partial charge in [-0.15, -0.1) is 0 Å². The number of sulfonamides is 1. The van der Waals surface area contributed by atoms with Crippen LogP contribution in [0.4, 0.5) is 28.8 Å². The van der Waals surface area contributed by atoms with Crippen LogP contribution in [0.2, 0.25) is 0 Å². The number of amides is 1. The second-order valence-electron chi connectivity index (χ2n) is 9.51. The number of carbonyl (C=O) groups is 1. The quantitative estimate of drug-likeness (QED) is 0.236. The SMILES string of the molecule is CC(=O)N(C)c1ccc(Nc2nc(Nc3cccc(S(N)(=O)=O)c3)c3ccn(S(=O)(=O)c4ccc(C)cc4)c3n2)cc1. The number of anilines is 5. The Kier molecular flexibility index (Phi) is 7.45. The van der Waals surface area contributed by atoms with E-state index in [1.54, 1.807) is 55.6 Å². The Balaban J connectivity index is 1.61. The first-order valence-electron chi connectivity index (χ1n) is 12.6. The summed E-state index contributed by atoms with van der Waals surface area (Å²) >= 11 is 0. The van der Waals surface area contributed by atoms with Crippen molar-refractivity contribution in [2.75, 3.05) is 22.6 Å². The first kappa shape index (κ1) is 28.7. The van der Waals surface area contributed by atoms with Crippen LogP contribution in [0.1, 0.15) is 12.5 Å². The lowest BCUT2D eigenvalue weighted by atomic mass is 10.2. The molecule has 0 spiro atoms. The van der Waals surface area contributed by atoms with Gasteiger partial charge in [-0.25, -0.2) is 25.9 Å². The van der Waals surface area contributed by atoms with Crippen molar-refractivity contribution in [1.82, 2.24) is 13.9 Å². The van der Waals surface area contributed by atoms with Gasteiger partial charge in [0.25, 0.3) is 10.0 Å². The average molecular weight is 606 g/mol. The lowest BCUT2D eigenvalue weighted by Crippen LogP contribution is -2.22. The molecule has 0 saturated heterocycles. The molecule has 216 valence electrons. The highest BCUT2D eigenvalue weighted by Gasteiger charge is 2.22. The summed E-state index contributed by atoms with van der Waals surface area (Å²) in [6, 6.07) is 20.8. The summed E-state index contributed by atoms with van der Waals surface area (Å²) in [6.45, 7) is 3.32. The normalized spacial score (nSPS) is 11.8. The Labute approximate surface area is 242 Å². The lowest BCUT2D eigenvalue weighted by Gasteiger charge is -2.16.